The van der Waals surface area contributed by atoms with Gasteiger partial charge in [0.2, 0.25) is 0 Å². The Balaban J connectivity index is 1.55. The minimum atomic E-state index is -0.489. The molecule has 2 aromatic carbocycles. The highest BCUT2D eigenvalue weighted by molar-refractivity contribution is 6.30. The van der Waals surface area contributed by atoms with Crippen LogP contribution in [0.5, 0.6) is 5.75 Å². The molecule has 37 heavy (non-hydrogen) atoms. The lowest BCUT2D eigenvalue weighted by molar-refractivity contribution is 0.0205. The van der Waals surface area contributed by atoms with Gasteiger partial charge in [0, 0.05) is 36.4 Å². The zero-order valence-corrected chi connectivity index (χ0v) is 23.0. The third kappa shape index (κ3) is 7.42. The van der Waals surface area contributed by atoms with E-state index in [0.717, 1.165) is 42.3 Å². The van der Waals surface area contributed by atoms with Crippen LogP contribution in [0.15, 0.2) is 78.4 Å². The smallest absolute Gasteiger partial charge is 0.410 e. The standard InChI is InChI=1S/C31H37ClN2O3/c1-31(2,3)37-30(35)33-19-17-28(18-20-33)34(27-13-15-29(36-4)16-14-27)22-23-7-5-6-8-25(21-23)24-9-11-26(32)12-10-24/h5-7,9-16,21,28H,8,17-20,22H2,1-4H3. The summed E-state index contributed by atoms with van der Waals surface area (Å²) in [5.74, 6) is 0.838. The van der Waals surface area contributed by atoms with Gasteiger partial charge in [-0.05, 0) is 93.1 Å². The van der Waals surface area contributed by atoms with Crippen LogP contribution in [0, 0.1) is 0 Å². The van der Waals surface area contributed by atoms with E-state index >= 15 is 0 Å². The second kappa shape index (κ2) is 11.9. The fraction of sp³-hybridized carbons (Fsp3) is 0.387. The van der Waals surface area contributed by atoms with Gasteiger partial charge in [-0.1, -0.05) is 48.0 Å². The number of halogens is 1. The lowest BCUT2D eigenvalue weighted by atomic mass is 9.99. The quantitative estimate of drug-likeness (QED) is 0.395. The molecule has 1 heterocycles. The van der Waals surface area contributed by atoms with Gasteiger partial charge in [0.25, 0.3) is 0 Å². The maximum Gasteiger partial charge on any atom is 0.410 e. The van der Waals surface area contributed by atoms with Crippen molar-refractivity contribution >= 4 is 29.0 Å². The monoisotopic (exact) mass is 520 g/mol. The molecule has 0 atom stereocenters. The average molecular weight is 521 g/mol. The number of carbonyl (C=O) groups excluding carboxylic acids is 1. The Hall–Kier alpha value is -3.18. The number of benzene rings is 2. The molecule has 0 bridgehead atoms. The van der Waals surface area contributed by atoms with Gasteiger partial charge in [0.05, 0.1) is 7.11 Å². The van der Waals surface area contributed by atoms with Gasteiger partial charge in [0.1, 0.15) is 11.4 Å². The van der Waals surface area contributed by atoms with Crippen LogP contribution in [0.3, 0.4) is 0 Å². The Bertz CT molecular complexity index is 1150. The van der Waals surface area contributed by atoms with Crippen LogP contribution in [-0.2, 0) is 4.74 Å². The Morgan fingerprint density at radius 3 is 2.35 bits per heavy atom. The maximum atomic E-state index is 12.6. The molecule has 6 heteroatoms. The average Bonchev–Trinajstić information content (AvgIpc) is 3.13. The number of methoxy groups -OCH3 is 1. The predicted octanol–water partition coefficient (Wildman–Crippen LogP) is 7.52. The number of ether oxygens (including phenoxy) is 2. The first-order chi connectivity index (χ1) is 17.7. The molecule has 1 amide bonds. The maximum absolute atomic E-state index is 12.6. The second-order valence-electron chi connectivity index (χ2n) is 10.6. The van der Waals surface area contributed by atoms with E-state index in [9.17, 15) is 4.79 Å². The topological polar surface area (TPSA) is 42.0 Å². The molecule has 1 saturated heterocycles. The van der Waals surface area contributed by atoms with Crippen molar-refractivity contribution in [3.63, 3.8) is 0 Å². The zero-order chi connectivity index (χ0) is 26.4. The molecule has 0 radical (unpaired) electrons. The summed E-state index contributed by atoms with van der Waals surface area (Å²) in [7, 11) is 1.69. The minimum absolute atomic E-state index is 0.228. The Kier molecular flexibility index (Phi) is 8.65. The number of amides is 1. The fourth-order valence-corrected chi connectivity index (χ4v) is 4.90. The first-order valence-corrected chi connectivity index (χ1v) is 13.3. The second-order valence-corrected chi connectivity index (χ2v) is 11.0. The normalized spacial score (nSPS) is 16.5. The zero-order valence-electron chi connectivity index (χ0n) is 22.2. The Morgan fingerprint density at radius 1 is 1.05 bits per heavy atom. The number of hydrogen-bond donors (Lipinski definition) is 0. The van der Waals surface area contributed by atoms with Gasteiger partial charge in [-0.25, -0.2) is 4.79 Å². The highest BCUT2D eigenvalue weighted by atomic mass is 35.5. The molecule has 2 aromatic rings. The van der Waals surface area contributed by atoms with E-state index in [1.165, 1.54) is 16.7 Å². The van der Waals surface area contributed by atoms with Gasteiger partial charge < -0.3 is 19.3 Å². The first-order valence-electron chi connectivity index (χ1n) is 12.9. The van der Waals surface area contributed by atoms with Crippen molar-refractivity contribution in [3.8, 4) is 5.75 Å². The molecule has 1 aliphatic heterocycles. The van der Waals surface area contributed by atoms with E-state index < -0.39 is 5.60 Å². The number of allylic oxidation sites excluding steroid dienone is 4. The third-order valence-electron chi connectivity index (χ3n) is 6.67. The summed E-state index contributed by atoms with van der Waals surface area (Å²) in [6.07, 6.45) is 11.2. The van der Waals surface area contributed by atoms with Gasteiger partial charge in [-0.2, -0.15) is 0 Å². The molecule has 1 aliphatic carbocycles. The number of piperidine rings is 1. The lowest BCUT2D eigenvalue weighted by Crippen LogP contribution is -2.48. The van der Waals surface area contributed by atoms with Crippen molar-refractivity contribution in [1.82, 2.24) is 4.90 Å². The van der Waals surface area contributed by atoms with Crippen LogP contribution in [-0.4, -0.2) is 49.4 Å². The van der Waals surface area contributed by atoms with Gasteiger partial charge >= 0.3 is 6.09 Å². The van der Waals surface area contributed by atoms with E-state index in [1.54, 1.807) is 7.11 Å². The molecular formula is C31H37ClN2O3. The fourth-order valence-electron chi connectivity index (χ4n) is 4.77. The molecule has 0 aromatic heterocycles. The molecule has 0 spiro atoms. The summed E-state index contributed by atoms with van der Waals surface area (Å²) in [4.78, 5) is 16.9. The molecule has 0 unspecified atom stereocenters. The summed E-state index contributed by atoms with van der Waals surface area (Å²) < 4.78 is 11.0. The van der Waals surface area contributed by atoms with Crippen LogP contribution >= 0.6 is 11.6 Å². The Morgan fingerprint density at radius 2 is 1.73 bits per heavy atom. The van der Waals surface area contributed by atoms with Crippen LogP contribution < -0.4 is 9.64 Å². The Labute approximate surface area is 226 Å². The molecule has 0 saturated carbocycles. The van der Waals surface area contributed by atoms with E-state index in [1.807, 2.05) is 49.9 Å². The molecule has 196 valence electrons. The van der Waals surface area contributed by atoms with Gasteiger partial charge in [0.15, 0.2) is 0 Å². The number of likely N-dealkylation sites (tertiary alicyclic amines) is 1. The van der Waals surface area contributed by atoms with Crippen LogP contribution in [0.1, 0.15) is 45.6 Å². The molecule has 4 rings (SSSR count). The van der Waals surface area contributed by atoms with Gasteiger partial charge in [-0.15, -0.1) is 0 Å². The molecular weight excluding hydrogens is 484 g/mol. The number of hydrogen-bond acceptors (Lipinski definition) is 4. The first kappa shape index (κ1) is 26.9. The molecule has 2 aliphatic rings. The number of nitrogens with zero attached hydrogens (tertiary/aromatic N) is 2. The van der Waals surface area contributed by atoms with E-state index in [2.05, 4.69) is 53.5 Å². The molecule has 1 fully saturated rings. The van der Waals surface area contributed by atoms with Crippen LogP contribution in [0.2, 0.25) is 5.02 Å². The summed E-state index contributed by atoms with van der Waals surface area (Å²) in [5, 5.41) is 0.743. The van der Waals surface area contributed by atoms with E-state index in [-0.39, 0.29) is 6.09 Å². The molecule has 5 nitrogen and oxygen atoms in total. The number of rotatable bonds is 6. The lowest BCUT2D eigenvalue weighted by Gasteiger charge is -2.40. The molecule has 0 N–H and O–H groups in total. The van der Waals surface area contributed by atoms with Crippen molar-refractivity contribution in [3.05, 3.63) is 89.0 Å². The van der Waals surface area contributed by atoms with Gasteiger partial charge in [-0.3, -0.25) is 0 Å². The van der Waals surface area contributed by atoms with E-state index in [4.69, 9.17) is 21.1 Å². The number of anilines is 1. The van der Waals surface area contributed by atoms with Crippen molar-refractivity contribution in [2.75, 3.05) is 31.6 Å². The van der Waals surface area contributed by atoms with Crippen molar-refractivity contribution in [2.45, 2.75) is 51.7 Å². The van der Waals surface area contributed by atoms with Crippen LogP contribution in [0.4, 0.5) is 10.5 Å². The van der Waals surface area contributed by atoms with Crippen LogP contribution in [0.25, 0.3) is 5.57 Å². The highest BCUT2D eigenvalue weighted by Gasteiger charge is 2.30. The summed E-state index contributed by atoms with van der Waals surface area (Å²) in [5.41, 5.74) is 4.35. The van der Waals surface area contributed by atoms with E-state index in [0.29, 0.717) is 19.1 Å². The summed E-state index contributed by atoms with van der Waals surface area (Å²) >= 11 is 6.12. The highest BCUT2D eigenvalue weighted by Crippen LogP contribution is 2.30. The van der Waals surface area contributed by atoms with Crippen molar-refractivity contribution in [2.24, 2.45) is 0 Å². The SMILES string of the molecule is COc1ccc(N(CC2=CC=CCC(c3ccc(Cl)cc3)=C2)C2CCN(C(=O)OC(C)(C)C)CC2)cc1. The third-order valence-corrected chi connectivity index (χ3v) is 6.92. The predicted molar refractivity (Wildman–Crippen MR) is 152 cm³/mol. The summed E-state index contributed by atoms with van der Waals surface area (Å²) in [6.45, 7) is 7.84. The summed E-state index contributed by atoms with van der Waals surface area (Å²) in [6, 6.07) is 16.6. The van der Waals surface area contributed by atoms with Crippen molar-refractivity contribution in [1.29, 1.82) is 0 Å². The number of carbonyl (C=O) groups is 1. The largest absolute Gasteiger partial charge is 0.497 e. The minimum Gasteiger partial charge on any atom is -0.497 e. The van der Waals surface area contributed by atoms with Crippen molar-refractivity contribution < 1.29 is 14.3 Å².